The number of carboxylic acid groups (broad SMARTS) is 1. The second kappa shape index (κ2) is 5.38. The summed E-state index contributed by atoms with van der Waals surface area (Å²) in [7, 11) is 0. The van der Waals surface area contributed by atoms with Gasteiger partial charge in [0.25, 0.3) is 5.91 Å². The lowest BCUT2D eigenvalue weighted by Gasteiger charge is -2.09. The number of nitrogens with zero attached hydrogens (tertiary/aromatic N) is 1. The van der Waals surface area contributed by atoms with Gasteiger partial charge in [-0.2, -0.15) is 4.39 Å². The van der Waals surface area contributed by atoms with Crippen molar-refractivity contribution in [3.63, 3.8) is 0 Å². The minimum atomic E-state index is -1.53. The summed E-state index contributed by atoms with van der Waals surface area (Å²) >= 11 is 0. The number of nitro benzene ring substituents is 1. The molecule has 0 aromatic heterocycles. The van der Waals surface area contributed by atoms with E-state index in [1.807, 2.05) is 5.32 Å². The van der Waals surface area contributed by atoms with Gasteiger partial charge in [0, 0.05) is 0 Å². The van der Waals surface area contributed by atoms with Crippen LogP contribution in [-0.2, 0) is 4.79 Å². The molecule has 1 rings (SSSR count). The van der Waals surface area contributed by atoms with Crippen LogP contribution in [0.2, 0.25) is 0 Å². The Balaban J connectivity index is 3.17. The molecule has 0 radical (unpaired) electrons. The van der Waals surface area contributed by atoms with E-state index < -0.39 is 45.7 Å². The van der Waals surface area contributed by atoms with E-state index in [-0.39, 0.29) is 0 Å². The van der Waals surface area contributed by atoms with Crippen LogP contribution in [-0.4, -0.2) is 27.9 Å². The van der Waals surface area contributed by atoms with Gasteiger partial charge in [0.1, 0.15) is 11.9 Å². The van der Waals surface area contributed by atoms with Crippen molar-refractivity contribution in [2.75, 3.05) is 0 Å². The fourth-order valence-corrected chi connectivity index (χ4v) is 1.21. The van der Waals surface area contributed by atoms with Gasteiger partial charge in [0.15, 0.2) is 0 Å². The summed E-state index contributed by atoms with van der Waals surface area (Å²) in [6.07, 6.45) is 0. The predicted molar refractivity (Wildman–Crippen MR) is 57.6 cm³/mol. The molecular formula is C10H8F2N2O5. The molecule has 0 unspecified atom stereocenters. The Labute approximate surface area is 105 Å². The topological polar surface area (TPSA) is 110 Å². The van der Waals surface area contributed by atoms with Crippen LogP contribution in [0.25, 0.3) is 0 Å². The number of aliphatic carboxylic acids is 1. The second-order valence-electron chi connectivity index (χ2n) is 3.58. The Kier molecular flexibility index (Phi) is 4.10. The molecule has 0 aliphatic rings. The number of carboxylic acids is 1. The molecule has 0 fully saturated rings. The van der Waals surface area contributed by atoms with Gasteiger partial charge in [-0.05, 0) is 13.0 Å². The maximum absolute atomic E-state index is 13.6. The Morgan fingerprint density at radius 1 is 1.42 bits per heavy atom. The average Bonchev–Trinajstić information content (AvgIpc) is 2.30. The van der Waals surface area contributed by atoms with Crippen molar-refractivity contribution in [3.8, 4) is 0 Å². The highest BCUT2D eigenvalue weighted by Gasteiger charge is 2.25. The SMILES string of the molecule is C[C@H](NC(=O)c1cc(F)cc([N+](=O)[O-])c1F)C(=O)O. The van der Waals surface area contributed by atoms with Crippen LogP contribution < -0.4 is 5.32 Å². The molecule has 102 valence electrons. The van der Waals surface area contributed by atoms with E-state index in [1.54, 1.807) is 0 Å². The maximum Gasteiger partial charge on any atom is 0.325 e. The normalized spacial score (nSPS) is 11.7. The fourth-order valence-electron chi connectivity index (χ4n) is 1.21. The molecule has 1 atom stereocenters. The van der Waals surface area contributed by atoms with Crippen molar-refractivity contribution in [1.29, 1.82) is 0 Å². The highest BCUT2D eigenvalue weighted by atomic mass is 19.1. The first-order valence-electron chi connectivity index (χ1n) is 4.91. The molecule has 0 saturated carbocycles. The van der Waals surface area contributed by atoms with Crippen LogP contribution in [0, 0.1) is 21.7 Å². The van der Waals surface area contributed by atoms with Gasteiger partial charge >= 0.3 is 11.7 Å². The van der Waals surface area contributed by atoms with Crippen molar-refractivity contribution in [1.82, 2.24) is 5.32 Å². The molecule has 0 heterocycles. The highest BCUT2D eigenvalue weighted by molar-refractivity contribution is 5.97. The third-order valence-electron chi connectivity index (χ3n) is 2.18. The summed E-state index contributed by atoms with van der Waals surface area (Å²) in [6.45, 7) is 1.10. The van der Waals surface area contributed by atoms with Gasteiger partial charge in [-0.1, -0.05) is 0 Å². The van der Waals surface area contributed by atoms with Crippen LogP contribution in [0.4, 0.5) is 14.5 Å². The molecule has 2 N–H and O–H groups in total. The lowest BCUT2D eigenvalue weighted by Crippen LogP contribution is -2.38. The van der Waals surface area contributed by atoms with E-state index in [9.17, 15) is 28.5 Å². The monoisotopic (exact) mass is 274 g/mol. The molecule has 1 aromatic carbocycles. The van der Waals surface area contributed by atoms with Crippen molar-refractivity contribution in [3.05, 3.63) is 39.4 Å². The number of benzene rings is 1. The number of nitrogens with one attached hydrogen (secondary N) is 1. The zero-order chi connectivity index (χ0) is 14.7. The van der Waals surface area contributed by atoms with E-state index in [4.69, 9.17) is 5.11 Å². The first kappa shape index (κ1) is 14.5. The third-order valence-corrected chi connectivity index (χ3v) is 2.18. The number of nitro groups is 1. The zero-order valence-electron chi connectivity index (χ0n) is 9.52. The number of rotatable bonds is 4. The second-order valence-corrected chi connectivity index (χ2v) is 3.58. The first-order chi connectivity index (χ1) is 8.73. The van der Waals surface area contributed by atoms with Gasteiger partial charge in [-0.15, -0.1) is 0 Å². The Morgan fingerprint density at radius 2 is 2.00 bits per heavy atom. The lowest BCUT2D eigenvalue weighted by molar-refractivity contribution is -0.387. The first-order valence-corrected chi connectivity index (χ1v) is 4.91. The number of carbonyl (C=O) groups excluding carboxylic acids is 1. The van der Waals surface area contributed by atoms with Crippen LogP contribution in [0.3, 0.4) is 0 Å². The van der Waals surface area contributed by atoms with Gasteiger partial charge in [0.2, 0.25) is 5.82 Å². The summed E-state index contributed by atoms with van der Waals surface area (Å²) in [5, 5.41) is 20.9. The van der Waals surface area contributed by atoms with E-state index in [2.05, 4.69) is 0 Å². The molecule has 0 aliphatic heterocycles. The molecule has 0 spiro atoms. The minimum Gasteiger partial charge on any atom is -0.480 e. The van der Waals surface area contributed by atoms with E-state index >= 15 is 0 Å². The number of hydrogen-bond acceptors (Lipinski definition) is 4. The molecule has 7 nitrogen and oxygen atoms in total. The average molecular weight is 274 g/mol. The quantitative estimate of drug-likeness (QED) is 0.630. The largest absolute Gasteiger partial charge is 0.480 e. The molecule has 1 aromatic rings. The molecular weight excluding hydrogens is 266 g/mol. The summed E-state index contributed by atoms with van der Waals surface area (Å²) in [6, 6.07) is -0.576. The Morgan fingerprint density at radius 3 is 2.47 bits per heavy atom. The van der Waals surface area contributed by atoms with Crippen molar-refractivity contribution >= 4 is 17.6 Å². The molecule has 0 bridgehead atoms. The smallest absolute Gasteiger partial charge is 0.325 e. The number of amides is 1. The molecule has 19 heavy (non-hydrogen) atoms. The van der Waals surface area contributed by atoms with Crippen LogP contribution in [0.15, 0.2) is 12.1 Å². The summed E-state index contributed by atoms with van der Waals surface area (Å²) in [5.41, 5.74) is -2.13. The molecule has 0 saturated heterocycles. The predicted octanol–water partition coefficient (Wildman–Crippen LogP) is 1.08. The van der Waals surface area contributed by atoms with Crippen LogP contribution >= 0.6 is 0 Å². The molecule has 0 aliphatic carbocycles. The molecule has 9 heteroatoms. The van der Waals surface area contributed by atoms with Crippen LogP contribution in [0.1, 0.15) is 17.3 Å². The number of hydrogen-bond donors (Lipinski definition) is 2. The van der Waals surface area contributed by atoms with Gasteiger partial charge in [0.05, 0.1) is 16.6 Å². The van der Waals surface area contributed by atoms with Gasteiger partial charge in [-0.25, -0.2) is 4.39 Å². The maximum atomic E-state index is 13.6. The van der Waals surface area contributed by atoms with E-state index in [0.29, 0.717) is 12.1 Å². The number of carbonyl (C=O) groups is 2. The van der Waals surface area contributed by atoms with Crippen molar-refractivity contribution < 1.29 is 28.4 Å². The summed E-state index contributed by atoms with van der Waals surface area (Å²) < 4.78 is 26.6. The summed E-state index contributed by atoms with van der Waals surface area (Å²) in [4.78, 5) is 31.3. The standard InChI is InChI=1S/C10H8F2N2O5/c1-4(10(16)17)13-9(15)6-2-5(11)3-7(8(6)12)14(18)19/h2-4H,1H3,(H,13,15)(H,16,17)/t4-/m0/s1. The van der Waals surface area contributed by atoms with Crippen molar-refractivity contribution in [2.45, 2.75) is 13.0 Å². The zero-order valence-corrected chi connectivity index (χ0v) is 9.52. The Bertz CT molecular complexity index is 561. The summed E-state index contributed by atoms with van der Waals surface area (Å²) in [5.74, 6) is -5.35. The van der Waals surface area contributed by atoms with E-state index in [1.165, 1.54) is 0 Å². The Hall–Kier alpha value is -2.58. The lowest BCUT2D eigenvalue weighted by atomic mass is 10.1. The fraction of sp³-hybridized carbons (Fsp3) is 0.200. The van der Waals surface area contributed by atoms with Gasteiger partial charge in [-0.3, -0.25) is 19.7 Å². The molecule has 1 amide bonds. The highest BCUT2D eigenvalue weighted by Crippen LogP contribution is 2.22. The third kappa shape index (κ3) is 3.21. The van der Waals surface area contributed by atoms with E-state index in [0.717, 1.165) is 6.92 Å². The number of halogens is 2. The van der Waals surface area contributed by atoms with Crippen LogP contribution in [0.5, 0.6) is 0 Å². The van der Waals surface area contributed by atoms with Crippen molar-refractivity contribution in [2.24, 2.45) is 0 Å². The van der Waals surface area contributed by atoms with Gasteiger partial charge < -0.3 is 10.4 Å². The minimum absolute atomic E-state index is 0.326.